The van der Waals surface area contributed by atoms with Crippen LogP contribution < -0.4 is 5.32 Å². The van der Waals surface area contributed by atoms with Gasteiger partial charge in [0.15, 0.2) is 11.0 Å². The number of nitrogens with zero attached hydrogens (tertiary/aromatic N) is 4. The minimum absolute atomic E-state index is 0.0442. The van der Waals surface area contributed by atoms with Gasteiger partial charge in [-0.25, -0.2) is 0 Å². The molecule has 30 heavy (non-hydrogen) atoms. The molecule has 0 fully saturated rings. The third-order valence-electron chi connectivity index (χ3n) is 4.41. The standard InChI is InChI=1S/C20H21N5O4S/c1-2-24-18(17(12-26)21-19(27)15-6-4-3-5-7-15)22-23-20(24)30-13-14-8-10-16(11-9-14)25(28)29/h3-11,17,26H,2,12-13H2,1H3,(H,21,27). The van der Waals surface area contributed by atoms with Gasteiger partial charge in [-0.15, -0.1) is 10.2 Å². The monoisotopic (exact) mass is 427 g/mol. The van der Waals surface area contributed by atoms with Crippen LogP contribution >= 0.6 is 11.8 Å². The summed E-state index contributed by atoms with van der Waals surface area (Å²) in [6, 6.07) is 14.4. The number of aliphatic hydroxyl groups is 1. The number of thioether (sulfide) groups is 1. The highest BCUT2D eigenvalue weighted by atomic mass is 32.2. The molecular weight excluding hydrogens is 406 g/mol. The summed E-state index contributed by atoms with van der Waals surface area (Å²) in [6.07, 6.45) is 0. The Kier molecular flexibility index (Phi) is 7.15. The van der Waals surface area contributed by atoms with Gasteiger partial charge in [-0.05, 0) is 24.6 Å². The van der Waals surface area contributed by atoms with E-state index in [2.05, 4.69) is 15.5 Å². The number of aromatic nitrogens is 3. The lowest BCUT2D eigenvalue weighted by atomic mass is 10.2. The van der Waals surface area contributed by atoms with Crippen LogP contribution in [0, 0.1) is 10.1 Å². The van der Waals surface area contributed by atoms with Crippen molar-refractivity contribution >= 4 is 23.4 Å². The number of aliphatic hydroxyl groups excluding tert-OH is 1. The van der Waals surface area contributed by atoms with E-state index in [0.717, 1.165) is 5.56 Å². The van der Waals surface area contributed by atoms with Crippen LogP contribution in [0.4, 0.5) is 5.69 Å². The predicted octanol–water partition coefficient (Wildman–Crippen LogP) is 2.96. The number of carbonyl (C=O) groups excluding carboxylic acids is 1. The molecule has 0 bridgehead atoms. The zero-order valence-electron chi connectivity index (χ0n) is 16.3. The summed E-state index contributed by atoms with van der Waals surface area (Å²) in [7, 11) is 0. The van der Waals surface area contributed by atoms with Gasteiger partial charge in [0.25, 0.3) is 11.6 Å². The zero-order valence-corrected chi connectivity index (χ0v) is 17.1. The third kappa shape index (κ3) is 5.02. The summed E-state index contributed by atoms with van der Waals surface area (Å²) in [4.78, 5) is 22.8. The molecular formula is C20H21N5O4S. The van der Waals surface area contributed by atoms with Crippen LogP contribution in [-0.4, -0.2) is 37.3 Å². The summed E-state index contributed by atoms with van der Waals surface area (Å²) in [5.74, 6) is 0.715. The summed E-state index contributed by atoms with van der Waals surface area (Å²) in [6.45, 7) is 2.17. The van der Waals surface area contributed by atoms with Crippen LogP contribution in [0.2, 0.25) is 0 Å². The molecule has 0 radical (unpaired) electrons. The summed E-state index contributed by atoms with van der Waals surface area (Å²) >= 11 is 1.43. The number of rotatable bonds is 9. The quantitative estimate of drug-likeness (QED) is 0.306. The van der Waals surface area contributed by atoms with Crippen molar-refractivity contribution in [1.29, 1.82) is 0 Å². The molecule has 2 N–H and O–H groups in total. The summed E-state index contributed by atoms with van der Waals surface area (Å²) in [5.41, 5.74) is 1.45. The molecule has 0 aliphatic heterocycles. The lowest BCUT2D eigenvalue weighted by Crippen LogP contribution is -2.32. The Balaban J connectivity index is 1.71. The SMILES string of the molecule is CCn1c(SCc2ccc([N+](=O)[O-])cc2)nnc1C(CO)NC(=O)c1ccccc1. The number of non-ortho nitro benzene ring substituents is 1. The fourth-order valence-electron chi connectivity index (χ4n) is 2.85. The molecule has 2 aromatic carbocycles. The number of hydrogen-bond acceptors (Lipinski definition) is 7. The van der Waals surface area contributed by atoms with Gasteiger partial charge in [0, 0.05) is 30.0 Å². The van der Waals surface area contributed by atoms with Crippen molar-refractivity contribution in [2.24, 2.45) is 0 Å². The molecule has 9 nitrogen and oxygen atoms in total. The Hall–Kier alpha value is -3.24. The Labute approximate surface area is 177 Å². The zero-order chi connectivity index (χ0) is 21.5. The lowest BCUT2D eigenvalue weighted by Gasteiger charge is -2.17. The van der Waals surface area contributed by atoms with Crippen LogP contribution in [0.5, 0.6) is 0 Å². The van der Waals surface area contributed by atoms with E-state index < -0.39 is 11.0 Å². The number of nitro benzene ring substituents is 1. The van der Waals surface area contributed by atoms with E-state index in [1.54, 1.807) is 36.4 Å². The van der Waals surface area contributed by atoms with E-state index in [-0.39, 0.29) is 18.2 Å². The molecule has 0 saturated carbocycles. The Morgan fingerprint density at radius 1 is 1.20 bits per heavy atom. The Morgan fingerprint density at radius 3 is 2.50 bits per heavy atom. The van der Waals surface area contributed by atoms with E-state index in [1.165, 1.54) is 23.9 Å². The van der Waals surface area contributed by atoms with Gasteiger partial charge in [0.05, 0.1) is 11.5 Å². The molecule has 10 heteroatoms. The predicted molar refractivity (Wildman–Crippen MR) is 112 cm³/mol. The molecule has 0 saturated heterocycles. The van der Waals surface area contributed by atoms with Gasteiger partial charge in [0.1, 0.15) is 6.04 Å². The van der Waals surface area contributed by atoms with E-state index in [0.29, 0.717) is 28.8 Å². The second kappa shape index (κ2) is 9.99. The number of nitro groups is 1. The minimum atomic E-state index is -0.695. The average Bonchev–Trinajstić information content (AvgIpc) is 3.19. The van der Waals surface area contributed by atoms with Crippen molar-refractivity contribution in [1.82, 2.24) is 20.1 Å². The van der Waals surface area contributed by atoms with Crippen LogP contribution in [0.3, 0.4) is 0 Å². The fourth-order valence-corrected chi connectivity index (χ4v) is 3.81. The molecule has 1 amide bonds. The van der Waals surface area contributed by atoms with Crippen molar-refractivity contribution in [3.8, 4) is 0 Å². The van der Waals surface area contributed by atoms with E-state index in [4.69, 9.17) is 0 Å². The maximum Gasteiger partial charge on any atom is 0.269 e. The topological polar surface area (TPSA) is 123 Å². The van der Waals surface area contributed by atoms with Crippen molar-refractivity contribution in [3.05, 3.63) is 81.7 Å². The Morgan fingerprint density at radius 2 is 1.90 bits per heavy atom. The van der Waals surface area contributed by atoms with Gasteiger partial charge in [0.2, 0.25) is 0 Å². The molecule has 1 heterocycles. The van der Waals surface area contributed by atoms with E-state index in [9.17, 15) is 20.0 Å². The molecule has 0 aliphatic carbocycles. The van der Waals surface area contributed by atoms with Gasteiger partial charge >= 0.3 is 0 Å². The second-order valence-electron chi connectivity index (χ2n) is 6.37. The number of amides is 1. The molecule has 0 spiro atoms. The molecule has 0 aliphatic rings. The second-order valence-corrected chi connectivity index (χ2v) is 7.31. The van der Waals surface area contributed by atoms with Crippen LogP contribution in [0.25, 0.3) is 0 Å². The van der Waals surface area contributed by atoms with Gasteiger partial charge in [-0.3, -0.25) is 14.9 Å². The molecule has 3 aromatic rings. The van der Waals surface area contributed by atoms with Crippen LogP contribution in [0.15, 0.2) is 59.8 Å². The molecule has 1 atom stereocenters. The largest absolute Gasteiger partial charge is 0.394 e. The number of carbonyl (C=O) groups is 1. The lowest BCUT2D eigenvalue weighted by molar-refractivity contribution is -0.384. The van der Waals surface area contributed by atoms with Crippen LogP contribution in [0.1, 0.15) is 34.7 Å². The van der Waals surface area contributed by atoms with Crippen LogP contribution in [-0.2, 0) is 12.3 Å². The van der Waals surface area contributed by atoms with Crippen molar-refractivity contribution in [2.75, 3.05) is 6.61 Å². The Bertz CT molecular complexity index is 1010. The minimum Gasteiger partial charge on any atom is -0.394 e. The van der Waals surface area contributed by atoms with Crippen molar-refractivity contribution in [2.45, 2.75) is 30.4 Å². The summed E-state index contributed by atoms with van der Waals surface area (Å²) < 4.78 is 1.84. The highest BCUT2D eigenvalue weighted by Crippen LogP contribution is 2.25. The van der Waals surface area contributed by atoms with E-state index in [1.807, 2.05) is 17.6 Å². The van der Waals surface area contributed by atoms with Crippen molar-refractivity contribution < 1.29 is 14.8 Å². The third-order valence-corrected chi connectivity index (χ3v) is 5.45. The maximum absolute atomic E-state index is 12.4. The number of nitrogens with one attached hydrogen (secondary N) is 1. The first-order valence-corrected chi connectivity index (χ1v) is 10.3. The molecule has 1 aromatic heterocycles. The number of benzene rings is 2. The normalized spacial score (nSPS) is 11.8. The van der Waals surface area contributed by atoms with E-state index >= 15 is 0 Å². The van der Waals surface area contributed by atoms with Gasteiger partial charge in [-0.1, -0.05) is 42.1 Å². The smallest absolute Gasteiger partial charge is 0.269 e. The average molecular weight is 427 g/mol. The first kappa shape index (κ1) is 21.5. The maximum atomic E-state index is 12.4. The fraction of sp³-hybridized carbons (Fsp3) is 0.250. The van der Waals surface area contributed by atoms with Gasteiger partial charge in [-0.2, -0.15) is 0 Å². The summed E-state index contributed by atoms with van der Waals surface area (Å²) in [5, 5.41) is 32.4. The van der Waals surface area contributed by atoms with Gasteiger partial charge < -0.3 is 15.0 Å². The molecule has 3 rings (SSSR count). The molecule has 1 unspecified atom stereocenters. The first-order valence-electron chi connectivity index (χ1n) is 9.29. The number of hydrogen-bond donors (Lipinski definition) is 2. The van der Waals surface area contributed by atoms with Crippen molar-refractivity contribution in [3.63, 3.8) is 0 Å². The first-order chi connectivity index (χ1) is 14.5. The highest BCUT2D eigenvalue weighted by Gasteiger charge is 2.22. The molecule has 156 valence electrons. The highest BCUT2D eigenvalue weighted by molar-refractivity contribution is 7.98.